The van der Waals surface area contributed by atoms with Crippen molar-refractivity contribution < 1.29 is 18.3 Å². The third-order valence-corrected chi connectivity index (χ3v) is 6.67. The molecule has 6 heteroatoms. The number of benzene rings is 2. The summed E-state index contributed by atoms with van der Waals surface area (Å²) in [5.41, 5.74) is -0.250. The van der Waals surface area contributed by atoms with Gasteiger partial charge in [-0.3, -0.25) is 4.98 Å². The first kappa shape index (κ1) is 21.6. The van der Waals surface area contributed by atoms with Crippen molar-refractivity contribution in [2.24, 2.45) is 5.92 Å². The Labute approximate surface area is 180 Å². The second-order valence-electron chi connectivity index (χ2n) is 8.50. The molecular formula is C25H27F3N2O. The summed E-state index contributed by atoms with van der Waals surface area (Å²) in [5.74, 6) is -0.215. The van der Waals surface area contributed by atoms with E-state index in [2.05, 4.69) is 10.3 Å². The summed E-state index contributed by atoms with van der Waals surface area (Å²) in [6.45, 7) is 1.41. The van der Waals surface area contributed by atoms with E-state index in [9.17, 15) is 18.3 Å². The van der Waals surface area contributed by atoms with Crippen molar-refractivity contribution in [2.45, 2.75) is 50.3 Å². The minimum atomic E-state index is -4.75. The standard InChI is InChI=1S/C25H27F3N2O/c1-2-17-10-11-18-6-3-4-8-20(18)22(17)14-24(31,25(26,27)28)16-30-23-9-5-7-19-15-29-13-12-21(19)23/h3-9,12-13,15,17,22,30-31H,2,10-11,14,16H2,1H3. The number of aliphatic hydroxyl groups is 1. The van der Waals surface area contributed by atoms with E-state index >= 15 is 0 Å². The van der Waals surface area contributed by atoms with Crippen molar-refractivity contribution in [2.75, 3.05) is 11.9 Å². The maximum absolute atomic E-state index is 14.2. The maximum Gasteiger partial charge on any atom is 0.418 e. The van der Waals surface area contributed by atoms with Gasteiger partial charge in [0.05, 0.1) is 6.54 Å². The van der Waals surface area contributed by atoms with E-state index in [0.717, 1.165) is 41.2 Å². The van der Waals surface area contributed by atoms with Crippen LogP contribution in [0.4, 0.5) is 18.9 Å². The molecule has 1 aromatic heterocycles. The number of hydrogen-bond donors (Lipinski definition) is 2. The summed E-state index contributed by atoms with van der Waals surface area (Å²) < 4.78 is 42.5. The van der Waals surface area contributed by atoms with Crippen LogP contribution >= 0.6 is 0 Å². The molecule has 0 aliphatic heterocycles. The lowest BCUT2D eigenvalue weighted by molar-refractivity contribution is -0.259. The summed E-state index contributed by atoms with van der Waals surface area (Å²) in [7, 11) is 0. The fourth-order valence-electron chi connectivity index (χ4n) is 4.85. The molecule has 1 heterocycles. The van der Waals surface area contributed by atoms with Gasteiger partial charge in [-0.25, -0.2) is 0 Å². The Morgan fingerprint density at radius 1 is 1.10 bits per heavy atom. The van der Waals surface area contributed by atoms with Gasteiger partial charge in [-0.05, 0) is 54.4 Å². The SMILES string of the molecule is CCC1CCc2ccccc2C1CC(O)(CNc1cccc2cnccc12)C(F)(F)F. The molecule has 3 unspecified atom stereocenters. The summed E-state index contributed by atoms with van der Waals surface area (Å²) in [6.07, 6.45) is 0.669. The quantitative estimate of drug-likeness (QED) is 0.500. The van der Waals surface area contributed by atoms with Gasteiger partial charge in [0, 0.05) is 28.9 Å². The molecule has 3 aromatic rings. The number of fused-ring (bicyclic) bond motifs is 2. The van der Waals surface area contributed by atoms with Crippen LogP contribution in [-0.4, -0.2) is 28.4 Å². The molecule has 0 spiro atoms. The Morgan fingerprint density at radius 2 is 1.90 bits per heavy atom. The topological polar surface area (TPSA) is 45.1 Å². The normalized spacial score (nSPS) is 20.8. The van der Waals surface area contributed by atoms with Gasteiger partial charge in [-0.15, -0.1) is 0 Å². The van der Waals surface area contributed by atoms with Crippen molar-refractivity contribution in [3.63, 3.8) is 0 Å². The largest absolute Gasteiger partial charge is 0.418 e. The molecule has 1 aliphatic rings. The highest BCUT2D eigenvalue weighted by Crippen LogP contribution is 2.46. The number of alkyl halides is 3. The summed E-state index contributed by atoms with van der Waals surface area (Å²) in [5, 5.41) is 15.5. The first-order valence-corrected chi connectivity index (χ1v) is 10.8. The average Bonchev–Trinajstić information content (AvgIpc) is 2.77. The molecule has 0 amide bonds. The highest BCUT2D eigenvalue weighted by Gasteiger charge is 2.55. The molecule has 4 rings (SSSR count). The van der Waals surface area contributed by atoms with Crippen molar-refractivity contribution in [1.29, 1.82) is 0 Å². The van der Waals surface area contributed by atoms with E-state index in [4.69, 9.17) is 0 Å². The molecule has 2 N–H and O–H groups in total. The molecule has 0 saturated carbocycles. The Hall–Kier alpha value is -2.60. The molecule has 164 valence electrons. The number of nitrogens with one attached hydrogen (secondary N) is 1. The number of aryl methyl sites for hydroxylation is 1. The molecule has 0 saturated heterocycles. The van der Waals surface area contributed by atoms with Gasteiger partial charge in [-0.2, -0.15) is 13.2 Å². The average molecular weight is 428 g/mol. The van der Waals surface area contributed by atoms with Crippen LogP contribution in [0.2, 0.25) is 0 Å². The zero-order valence-electron chi connectivity index (χ0n) is 17.5. The molecule has 31 heavy (non-hydrogen) atoms. The molecule has 1 aliphatic carbocycles. The number of hydrogen-bond acceptors (Lipinski definition) is 3. The molecule has 2 aromatic carbocycles. The number of rotatable bonds is 6. The smallest absolute Gasteiger partial charge is 0.381 e. The van der Waals surface area contributed by atoms with E-state index in [1.807, 2.05) is 37.3 Å². The van der Waals surface area contributed by atoms with E-state index in [1.54, 1.807) is 30.6 Å². The lowest BCUT2D eigenvalue weighted by atomic mass is 9.69. The Balaban J connectivity index is 1.64. The fourth-order valence-corrected chi connectivity index (χ4v) is 4.85. The van der Waals surface area contributed by atoms with Crippen LogP contribution in [0.25, 0.3) is 10.8 Å². The summed E-state index contributed by atoms with van der Waals surface area (Å²) >= 11 is 0. The van der Waals surface area contributed by atoms with Crippen molar-refractivity contribution >= 4 is 16.5 Å². The van der Waals surface area contributed by atoms with Gasteiger partial charge in [0.2, 0.25) is 0 Å². The van der Waals surface area contributed by atoms with Crippen molar-refractivity contribution in [3.05, 3.63) is 72.1 Å². The van der Waals surface area contributed by atoms with Crippen LogP contribution in [0, 0.1) is 5.92 Å². The van der Waals surface area contributed by atoms with Gasteiger partial charge in [0.25, 0.3) is 0 Å². The van der Waals surface area contributed by atoms with Gasteiger partial charge < -0.3 is 10.4 Å². The highest BCUT2D eigenvalue weighted by atomic mass is 19.4. The van der Waals surface area contributed by atoms with E-state index in [0.29, 0.717) is 5.69 Å². The first-order valence-electron chi connectivity index (χ1n) is 10.8. The lowest BCUT2D eigenvalue weighted by Crippen LogP contribution is -2.52. The first-order chi connectivity index (χ1) is 14.8. The zero-order valence-corrected chi connectivity index (χ0v) is 17.5. The fraction of sp³-hybridized carbons (Fsp3) is 0.400. The van der Waals surface area contributed by atoms with E-state index in [-0.39, 0.29) is 18.3 Å². The minimum Gasteiger partial charge on any atom is -0.381 e. The van der Waals surface area contributed by atoms with E-state index < -0.39 is 18.3 Å². The monoisotopic (exact) mass is 428 g/mol. The molecular weight excluding hydrogens is 401 g/mol. The zero-order chi connectivity index (χ0) is 22.1. The predicted octanol–water partition coefficient (Wildman–Crippen LogP) is 6.09. The van der Waals surface area contributed by atoms with Crippen LogP contribution in [0.15, 0.2) is 60.9 Å². The molecule has 3 atom stereocenters. The van der Waals surface area contributed by atoms with E-state index in [1.165, 1.54) is 0 Å². The van der Waals surface area contributed by atoms with Crippen molar-refractivity contribution in [3.8, 4) is 0 Å². The third-order valence-electron chi connectivity index (χ3n) is 6.67. The molecule has 0 fully saturated rings. The highest BCUT2D eigenvalue weighted by molar-refractivity contribution is 5.93. The number of aromatic nitrogens is 1. The third kappa shape index (κ3) is 4.26. The number of pyridine rings is 1. The second kappa shape index (κ2) is 8.50. The van der Waals surface area contributed by atoms with Gasteiger partial charge in [0.1, 0.15) is 0 Å². The van der Waals surface area contributed by atoms with Crippen LogP contribution in [0.5, 0.6) is 0 Å². The lowest BCUT2D eigenvalue weighted by Gasteiger charge is -2.40. The summed E-state index contributed by atoms with van der Waals surface area (Å²) in [4.78, 5) is 4.06. The molecule has 0 radical (unpaired) electrons. The second-order valence-corrected chi connectivity index (χ2v) is 8.50. The van der Waals surface area contributed by atoms with Gasteiger partial charge in [-0.1, -0.05) is 49.7 Å². The molecule has 3 nitrogen and oxygen atoms in total. The van der Waals surface area contributed by atoms with Gasteiger partial charge in [0.15, 0.2) is 5.60 Å². The van der Waals surface area contributed by atoms with Gasteiger partial charge >= 0.3 is 6.18 Å². The van der Waals surface area contributed by atoms with Crippen LogP contribution in [0.3, 0.4) is 0 Å². The maximum atomic E-state index is 14.2. The van der Waals surface area contributed by atoms with Crippen molar-refractivity contribution in [1.82, 2.24) is 4.98 Å². The Kier molecular flexibility index (Phi) is 5.93. The number of nitrogens with zero attached hydrogens (tertiary/aromatic N) is 1. The number of halogens is 3. The molecule has 0 bridgehead atoms. The summed E-state index contributed by atoms with van der Waals surface area (Å²) in [6, 6.07) is 14.8. The Morgan fingerprint density at radius 3 is 2.68 bits per heavy atom. The van der Waals surface area contributed by atoms with Crippen LogP contribution < -0.4 is 5.32 Å². The predicted molar refractivity (Wildman–Crippen MR) is 117 cm³/mol. The number of anilines is 1. The minimum absolute atomic E-state index is 0.118. The van der Waals surface area contributed by atoms with Crippen LogP contribution in [-0.2, 0) is 6.42 Å². The Bertz CT molecular complexity index is 1050. The van der Waals surface area contributed by atoms with Crippen LogP contribution in [0.1, 0.15) is 43.2 Å².